The summed E-state index contributed by atoms with van der Waals surface area (Å²) in [5, 5.41) is 0.425. The predicted molar refractivity (Wildman–Crippen MR) is 122 cm³/mol. The first-order valence-corrected chi connectivity index (χ1v) is 9.89. The second-order valence-electron chi connectivity index (χ2n) is 7.03. The number of benzene rings is 2. The standard InChI is InChI=1S/C23H25N5O5/c1-30-18-11-14-15(12-19(18)31-2)25-23(26-21(14)24)28-9-7-27(8-10-28)22(29)20-13-32-16-5-3-4-6-17(16)33-20/h3-6,11-12,20H,7-10,13H2,1-2H3,(H2,24,25,26)/i7D2,8D2,13D2,20D. The number of carbonyl (C=O) groups is 1. The molecule has 0 bridgehead atoms. The van der Waals surface area contributed by atoms with Crippen molar-refractivity contribution in [1.82, 2.24) is 14.9 Å². The molecule has 1 saturated heterocycles. The molecule has 1 fully saturated rings. The van der Waals surface area contributed by atoms with Crippen LogP contribution in [0.5, 0.6) is 23.0 Å². The van der Waals surface area contributed by atoms with Gasteiger partial charge in [0.25, 0.3) is 5.91 Å². The van der Waals surface area contributed by atoms with Crippen LogP contribution in [-0.4, -0.2) is 73.7 Å². The summed E-state index contributed by atoms with van der Waals surface area (Å²) in [6.45, 7) is -9.92. The molecule has 0 radical (unpaired) electrons. The summed E-state index contributed by atoms with van der Waals surface area (Å²) in [4.78, 5) is 23.6. The molecule has 1 atom stereocenters. The maximum atomic E-state index is 13.7. The Morgan fingerprint density at radius 1 is 1.15 bits per heavy atom. The number of fused-ring (bicyclic) bond motifs is 2. The average Bonchev–Trinajstić information content (AvgIpc) is 2.86. The van der Waals surface area contributed by atoms with Gasteiger partial charge in [0.2, 0.25) is 12.0 Å². The molecule has 2 aromatic carbocycles. The fourth-order valence-corrected chi connectivity index (χ4v) is 3.36. The molecule has 0 aliphatic carbocycles. The van der Waals surface area contributed by atoms with Gasteiger partial charge < -0.3 is 34.5 Å². The number of nitrogens with two attached hydrogens (primary N) is 1. The van der Waals surface area contributed by atoms with E-state index in [0.717, 1.165) is 0 Å². The molecule has 2 aliphatic rings. The van der Waals surface area contributed by atoms with Crippen LogP contribution in [0.2, 0.25) is 0 Å². The molecule has 1 amide bonds. The number of nitrogen functional groups attached to an aromatic ring is 1. The van der Waals surface area contributed by atoms with Crippen LogP contribution in [0, 0.1) is 0 Å². The maximum absolute atomic E-state index is 13.7. The zero-order valence-corrected chi connectivity index (χ0v) is 17.8. The van der Waals surface area contributed by atoms with Crippen molar-refractivity contribution in [2.24, 2.45) is 0 Å². The number of hydrogen-bond acceptors (Lipinski definition) is 9. The van der Waals surface area contributed by atoms with Crippen LogP contribution in [0.25, 0.3) is 10.9 Å². The zero-order chi connectivity index (χ0) is 29.3. The number of nitrogens with zero attached hydrogens (tertiary/aromatic N) is 4. The SMILES string of the molecule is [2H]C1([2H])CN(c2nc(N)c3cc(OC)c(OC)cc3n2)CC([2H])([2H])N1C(=O)C1([2H])Oc2ccccc2OC1([2H])[2H]. The lowest BCUT2D eigenvalue weighted by Crippen LogP contribution is -2.54. The molecule has 2 aliphatic heterocycles. The normalized spacial score (nSPS) is 27.6. The Labute approximate surface area is 200 Å². The van der Waals surface area contributed by atoms with E-state index in [1.165, 1.54) is 37.3 Å². The minimum Gasteiger partial charge on any atom is -0.493 e. The third-order valence-electron chi connectivity index (χ3n) is 5.05. The third-order valence-corrected chi connectivity index (χ3v) is 5.05. The topological polar surface area (TPSA) is 112 Å². The highest BCUT2D eigenvalue weighted by Gasteiger charge is 2.33. The van der Waals surface area contributed by atoms with Crippen molar-refractivity contribution >= 4 is 28.6 Å². The van der Waals surface area contributed by atoms with Gasteiger partial charge in [-0.1, -0.05) is 12.1 Å². The number of amides is 1. The van der Waals surface area contributed by atoms with Crippen molar-refractivity contribution in [3.05, 3.63) is 36.4 Å². The molecule has 10 nitrogen and oxygen atoms in total. The van der Waals surface area contributed by atoms with Crippen molar-refractivity contribution in [3.63, 3.8) is 0 Å². The second kappa shape index (κ2) is 8.53. The number of methoxy groups -OCH3 is 2. The van der Waals surface area contributed by atoms with Crippen molar-refractivity contribution in [3.8, 4) is 23.0 Å². The van der Waals surface area contributed by atoms with E-state index in [4.69, 9.17) is 34.3 Å². The lowest BCUT2D eigenvalue weighted by atomic mass is 10.2. The molecule has 33 heavy (non-hydrogen) atoms. The number of ether oxygens (including phenoxy) is 4. The molecular weight excluding hydrogens is 426 g/mol. The average molecular weight is 459 g/mol. The Kier molecular flexibility index (Phi) is 3.68. The smallest absolute Gasteiger partial charge is 0.267 e. The van der Waals surface area contributed by atoms with Crippen LogP contribution in [0.4, 0.5) is 11.8 Å². The van der Waals surface area contributed by atoms with Crippen LogP contribution >= 0.6 is 0 Å². The van der Waals surface area contributed by atoms with E-state index in [1.807, 2.05) is 0 Å². The van der Waals surface area contributed by atoms with Crippen molar-refractivity contribution in [2.45, 2.75) is 6.08 Å². The monoisotopic (exact) mass is 458 g/mol. The van der Waals surface area contributed by atoms with Gasteiger partial charge >= 0.3 is 0 Å². The summed E-state index contributed by atoms with van der Waals surface area (Å²) in [5.41, 5.74) is 6.47. The Balaban J connectivity index is 1.50. The largest absolute Gasteiger partial charge is 0.493 e. The number of aromatic nitrogens is 2. The van der Waals surface area contributed by atoms with E-state index >= 15 is 0 Å². The van der Waals surface area contributed by atoms with Crippen molar-refractivity contribution in [1.29, 1.82) is 0 Å². The second-order valence-corrected chi connectivity index (χ2v) is 7.03. The molecule has 1 aromatic heterocycles. The van der Waals surface area contributed by atoms with E-state index in [0.29, 0.717) is 22.4 Å². The van der Waals surface area contributed by atoms with Crippen molar-refractivity contribution < 1.29 is 33.3 Å². The lowest BCUT2D eigenvalue weighted by molar-refractivity contribution is -0.141. The van der Waals surface area contributed by atoms with Gasteiger partial charge in [-0.3, -0.25) is 4.79 Å². The van der Waals surface area contributed by atoms with Crippen LogP contribution in [-0.2, 0) is 4.79 Å². The molecule has 10 heteroatoms. The maximum Gasteiger partial charge on any atom is 0.267 e. The summed E-state index contributed by atoms with van der Waals surface area (Å²) in [7, 11) is 2.89. The van der Waals surface area contributed by atoms with Gasteiger partial charge in [0.15, 0.2) is 23.0 Å². The van der Waals surface area contributed by atoms with Gasteiger partial charge in [-0.15, -0.1) is 0 Å². The number of carbonyl (C=O) groups excluding carboxylic acids is 1. The van der Waals surface area contributed by atoms with Gasteiger partial charge in [-0.05, 0) is 18.2 Å². The molecule has 5 rings (SSSR count). The summed E-state index contributed by atoms with van der Waals surface area (Å²) in [6, 6.07) is 8.93. The first kappa shape index (κ1) is 14.2. The fraction of sp³-hybridized carbons (Fsp3) is 0.348. The van der Waals surface area contributed by atoms with E-state index < -0.39 is 44.6 Å². The van der Waals surface area contributed by atoms with E-state index in [-0.39, 0.29) is 28.2 Å². The zero-order valence-electron chi connectivity index (χ0n) is 24.8. The summed E-state index contributed by atoms with van der Waals surface area (Å²) >= 11 is 0. The summed E-state index contributed by atoms with van der Waals surface area (Å²) < 4.78 is 80.8. The van der Waals surface area contributed by atoms with Crippen LogP contribution in [0.15, 0.2) is 36.4 Å². The number of hydrogen-bond donors (Lipinski definition) is 1. The molecule has 172 valence electrons. The van der Waals surface area contributed by atoms with Crippen LogP contribution in [0.1, 0.15) is 9.60 Å². The van der Waals surface area contributed by atoms with Gasteiger partial charge in [-0.25, -0.2) is 4.98 Å². The van der Waals surface area contributed by atoms with E-state index in [9.17, 15) is 4.79 Å². The fourth-order valence-electron chi connectivity index (χ4n) is 3.36. The minimum absolute atomic E-state index is 0.0188. The highest BCUT2D eigenvalue weighted by Crippen LogP contribution is 2.34. The molecule has 3 aromatic rings. The van der Waals surface area contributed by atoms with Gasteiger partial charge in [-0.2, -0.15) is 4.98 Å². The summed E-state index contributed by atoms with van der Waals surface area (Å²) in [5.74, 6) is -1.13. The Hall–Kier alpha value is -3.95. The van der Waals surface area contributed by atoms with Crippen molar-refractivity contribution in [2.75, 3.05) is 57.5 Å². The van der Waals surface area contributed by atoms with E-state index in [1.54, 1.807) is 18.2 Å². The Bertz CT molecular complexity index is 1490. The lowest BCUT2D eigenvalue weighted by Gasteiger charge is -2.37. The Morgan fingerprint density at radius 3 is 2.58 bits per heavy atom. The number of piperazine rings is 1. The first-order valence-electron chi connectivity index (χ1n) is 13.4. The van der Waals surface area contributed by atoms with Gasteiger partial charge in [0.1, 0.15) is 12.4 Å². The first-order chi connectivity index (χ1) is 18.6. The summed E-state index contributed by atoms with van der Waals surface area (Å²) in [6.07, 6.45) is -3.16. The number of rotatable bonds is 4. The Morgan fingerprint density at radius 2 is 1.85 bits per heavy atom. The van der Waals surface area contributed by atoms with Crippen LogP contribution in [0.3, 0.4) is 0 Å². The van der Waals surface area contributed by atoms with Crippen LogP contribution < -0.4 is 29.6 Å². The number of para-hydroxylation sites is 2. The highest BCUT2D eigenvalue weighted by molar-refractivity contribution is 5.91. The molecular formula is C23H25N5O5. The molecule has 3 heterocycles. The van der Waals surface area contributed by atoms with E-state index in [2.05, 4.69) is 9.97 Å². The molecule has 1 unspecified atom stereocenters. The minimum atomic E-state index is -3.16. The quantitative estimate of drug-likeness (QED) is 0.624. The van der Waals surface area contributed by atoms with Gasteiger partial charge in [0, 0.05) is 37.5 Å². The number of anilines is 2. The highest BCUT2D eigenvalue weighted by atomic mass is 16.6. The third kappa shape index (κ3) is 3.88. The molecule has 0 spiro atoms. The van der Waals surface area contributed by atoms with Gasteiger partial charge in [0.05, 0.1) is 29.3 Å². The molecule has 2 N–H and O–H groups in total. The predicted octanol–water partition coefficient (Wildman–Crippen LogP) is 1.72. The molecule has 0 saturated carbocycles.